The van der Waals surface area contributed by atoms with Gasteiger partial charge in [-0.25, -0.2) is 0 Å². The Kier molecular flexibility index (Phi) is 6.62. The van der Waals surface area contributed by atoms with Crippen LogP contribution in [0, 0.1) is 0 Å². The molecule has 1 amide bonds. The highest BCUT2D eigenvalue weighted by Crippen LogP contribution is 2.32. The Morgan fingerprint density at radius 3 is 2.96 bits per heavy atom. The van der Waals surface area contributed by atoms with Gasteiger partial charge in [0.25, 0.3) is 5.91 Å². The monoisotopic (exact) mass is 369 g/mol. The van der Waals surface area contributed by atoms with Crippen LogP contribution >= 0.6 is 35.6 Å². The molecule has 23 heavy (non-hydrogen) atoms. The molecule has 2 rings (SSSR count). The Morgan fingerprint density at radius 2 is 2.26 bits per heavy atom. The Bertz CT molecular complexity index is 660. The van der Waals surface area contributed by atoms with Gasteiger partial charge in [-0.2, -0.15) is 0 Å². The molecular formula is C16H16ClNO3S2. The highest BCUT2D eigenvalue weighted by Gasteiger charge is 2.33. The number of amides is 1. The molecule has 0 saturated carbocycles. The van der Waals surface area contributed by atoms with E-state index in [9.17, 15) is 9.59 Å². The van der Waals surface area contributed by atoms with E-state index >= 15 is 0 Å². The summed E-state index contributed by atoms with van der Waals surface area (Å²) in [6.07, 6.45) is 3.46. The minimum atomic E-state index is -0.446. The number of nitrogens with zero attached hydrogens (tertiary/aromatic N) is 1. The zero-order valence-corrected chi connectivity index (χ0v) is 15.0. The topological polar surface area (TPSA) is 46.6 Å². The van der Waals surface area contributed by atoms with Crippen LogP contribution in [0.3, 0.4) is 0 Å². The smallest absolute Gasteiger partial charge is 0.326 e. The number of hydrogen-bond donors (Lipinski definition) is 0. The molecule has 0 spiro atoms. The lowest BCUT2D eigenvalue weighted by Crippen LogP contribution is -2.34. The molecular weight excluding hydrogens is 354 g/mol. The molecule has 0 N–H and O–H groups in total. The molecule has 0 aliphatic carbocycles. The van der Waals surface area contributed by atoms with Crippen LogP contribution in [0.5, 0.6) is 0 Å². The Morgan fingerprint density at radius 1 is 1.48 bits per heavy atom. The van der Waals surface area contributed by atoms with Gasteiger partial charge in [-0.15, -0.1) is 0 Å². The summed E-state index contributed by atoms with van der Waals surface area (Å²) in [4.78, 5) is 25.9. The number of ether oxygens (including phenoxy) is 1. The van der Waals surface area contributed by atoms with E-state index in [1.807, 2.05) is 13.0 Å². The number of benzene rings is 1. The van der Waals surface area contributed by atoms with Gasteiger partial charge in [0, 0.05) is 5.02 Å². The average molecular weight is 370 g/mol. The standard InChI is InChI=1S/C16H16ClNO3S2/c1-2-3-7-21-14(19)10-18-15(20)13(23-16(18)22)9-11-5-4-6-12(17)8-11/h4-6,8-9H,2-3,7,10H2,1H3/b13-9-. The van der Waals surface area contributed by atoms with Crippen molar-refractivity contribution < 1.29 is 14.3 Å². The molecule has 1 aliphatic rings. The molecule has 0 atom stereocenters. The predicted octanol–water partition coefficient (Wildman–Crippen LogP) is 3.88. The number of carbonyl (C=O) groups is 2. The fraction of sp³-hybridized carbons (Fsp3) is 0.312. The van der Waals surface area contributed by atoms with Gasteiger partial charge < -0.3 is 4.74 Å². The number of thioether (sulfide) groups is 1. The first kappa shape index (κ1) is 18.0. The zero-order chi connectivity index (χ0) is 16.8. The number of carbonyl (C=O) groups excluding carboxylic acids is 2. The molecule has 1 heterocycles. The molecule has 4 nitrogen and oxygen atoms in total. The maximum Gasteiger partial charge on any atom is 0.326 e. The minimum Gasteiger partial charge on any atom is -0.464 e. The largest absolute Gasteiger partial charge is 0.464 e. The third-order valence-corrected chi connectivity index (χ3v) is 4.68. The van der Waals surface area contributed by atoms with Crippen LogP contribution in [0.25, 0.3) is 6.08 Å². The first-order valence-corrected chi connectivity index (χ1v) is 8.78. The normalized spacial score (nSPS) is 16.3. The van der Waals surface area contributed by atoms with E-state index in [4.69, 9.17) is 28.6 Å². The second-order valence-corrected chi connectivity index (χ2v) is 7.01. The summed E-state index contributed by atoms with van der Waals surface area (Å²) in [5.74, 6) is -0.730. The molecule has 1 aromatic rings. The van der Waals surface area contributed by atoms with E-state index < -0.39 is 5.97 Å². The highest BCUT2D eigenvalue weighted by atomic mass is 35.5. The molecule has 1 saturated heterocycles. The van der Waals surface area contributed by atoms with Crippen molar-refractivity contribution >= 4 is 57.9 Å². The van der Waals surface area contributed by atoms with Crippen LogP contribution in [-0.4, -0.2) is 34.2 Å². The van der Waals surface area contributed by atoms with Crippen molar-refractivity contribution in [2.24, 2.45) is 0 Å². The van der Waals surface area contributed by atoms with Crippen molar-refractivity contribution in [2.45, 2.75) is 19.8 Å². The Hall–Kier alpha value is -1.37. The van der Waals surface area contributed by atoms with Gasteiger partial charge in [-0.3, -0.25) is 14.5 Å². The van der Waals surface area contributed by atoms with Gasteiger partial charge in [0.1, 0.15) is 10.9 Å². The number of halogens is 1. The van der Waals surface area contributed by atoms with Crippen LogP contribution in [0.1, 0.15) is 25.3 Å². The molecule has 7 heteroatoms. The van der Waals surface area contributed by atoms with E-state index in [-0.39, 0.29) is 12.5 Å². The lowest BCUT2D eigenvalue weighted by molar-refractivity contribution is -0.146. The van der Waals surface area contributed by atoms with Crippen molar-refractivity contribution in [1.82, 2.24) is 4.90 Å². The van der Waals surface area contributed by atoms with E-state index in [2.05, 4.69) is 0 Å². The van der Waals surface area contributed by atoms with Crippen molar-refractivity contribution in [2.75, 3.05) is 13.2 Å². The summed E-state index contributed by atoms with van der Waals surface area (Å²) in [7, 11) is 0. The second-order valence-electron chi connectivity index (χ2n) is 4.90. The summed E-state index contributed by atoms with van der Waals surface area (Å²) in [6.45, 7) is 2.22. The van der Waals surface area contributed by atoms with Crippen molar-refractivity contribution in [3.8, 4) is 0 Å². The summed E-state index contributed by atoms with van der Waals surface area (Å²) in [6, 6.07) is 7.17. The van der Waals surface area contributed by atoms with Gasteiger partial charge in [0.05, 0.1) is 11.5 Å². The molecule has 0 aromatic heterocycles. The Balaban J connectivity index is 2.03. The zero-order valence-electron chi connectivity index (χ0n) is 12.6. The van der Waals surface area contributed by atoms with E-state index in [0.29, 0.717) is 20.9 Å². The van der Waals surface area contributed by atoms with Crippen LogP contribution in [0.15, 0.2) is 29.2 Å². The average Bonchev–Trinajstić information content (AvgIpc) is 2.75. The quantitative estimate of drug-likeness (QED) is 0.329. The lowest BCUT2D eigenvalue weighted by Gasteiger charge is -2.13. The first-order valence-electron chi connectivity index (χ1n) is 7.18. The van der Waals surface area contributed by atoms with Crippen molar-refractivity contribution in [3.05, 3.63) is 39.8 Å². The highest BCUT2D eigenvalue weighted by molar-refractivity contribution is 8.26. The van der Waals surface area contributed by atoms with Crippen LogP contribution in [0.4, 0.5) is 0 Å². The van der Waals surface area contributed by atoms with Gasteiger partial charge >= 0.3 is 5.97 Å². The summed E-state index contributed by atoms with van der Waals surface area (Å²) < 4.78 is 5.43. The fourth-order valence-electron chi connectivity index (χ4n) is 1.89. The minimum absolute atomic E-state index is 0.152. The molecule has 0 unspecified atom stereocenters. The van der Waals surface area contributed by atoms with Crippen molar-refractivity contribution in [3.63, 3.8) is 0 Å². The lowest BCUT2D eigenvalue weighted by atomic mass is 10.2. The molecule has 1 aromatic carbocycles. The van der Waals surface area contributed by atoms with Gasteiger partial charge in [0.15, 0.2) is 0 Å². The molecule has 1 aliphatic heterocycles. The van der Waals surface area contributed by atoms with Crippen LogP contribution in [-0.2, 0) is 14.3 Å². The van der Waals surface area contributed by atoms with E-state index in [1.165, 1.54) is 16.7 Å². The number of esters is 1. The van der Waals surface area contributed by atoms with Gasteiger partial charge in [-0.1, -0.05) is 61.1 Å². The van der Waals surface area contributed by atoms with E-state index in [0.717, 1.165) is 18.4 Å². The number of hydrogen-bond acceptors (Lipinski definition) is 5. The SMILES string of the molecule is CCCCOC(=O)CN1C(=O)/C(=C/c2cccc(Cl)c2)SC1=S. The molecule has 0 radical (unpaired) electrons. The molecule has 0 bridgehead atoms. The van der Waals surface area contributed by atoms with Gasteiger partial charge in [0.2, 0.25) is 0 Å². The first-order chi connectivity index (χ1) is 11.0. The maximum atomic E-state index is 12.4. The molecule has 1 fully saturated rings. The van der Waals surface area contributed by atoms with Crippen LogP contribution < -0.4 is 0 Å². The Labute approximate surface area is 149 Å². The third kappa shape index (κ3) is 5.06. The fourth-order valence-corrected chi connectivity index (χ4v) is 3.34. The summed E-state index contributed by atoms with van der Waals surface area (Å²) >= 11 is 12.3. The van der Waals surface area contributed by atoms with Crippen molar-refractivity contribution in [1.29, 1.82) is 0 Å². The number of thiocarbonyl (C=S) groups is 1. The third-order valence-electron chi connectivity index (χ3n) is 3.07. The van der Waals surface area contributed by atoms with E-state index in [1.54, 1.807) is 24.3 Å². The number of rotatable bonds is 6. The number of unbranched alkanes of at least 4 members (excludes halogenated alkanes) is 1. The van der Waals surface area contributed by atoms with Gasteiger partial charge in [-0.05, 0) is 30.2 Å². The summed E-state index contributed by atoms with van der Waals surface area (Å²) in [5.41, 5.74) is 0.809. The molecule has 122 valence electrons. The van der Waals surface area contributed by atoms with Crippen LogP contribution in [0.2, 0.25) is 5.02 Å². The summed E-state index contributed by atoms with van der Waals surface area (Å²) in [5, 5.41) is 0.591. The second kappa shape index (κ2) is 8.47. The maximum absolute atomic E-state index is 12.4. The predicted molar refractivity (Wildman–Crippen MR) is 97.2 cm³/mol.